The molecule has 0 heterocycles. The SMILES string of the molecule is Cc1cccc(CCNC2CC(N)c3ccccc32)c1. The Kier molecular flexibility index (Phi) is 3.86. The van der Waals surface area contributed by atoms with E-state index in [0.29, 0.717) is 6.04 Å². The molecular formula is C18H22N2. The molecule has 0 saturated carbocycles. The number of benzene rings is 2. The van der Waals surface area contributed by atoms with Crippen molar-refractivity contribution in [2.24, 2.45) is 5.73 Å². The van der Waals surface area contributed by atoms with E-state index in [0.717, 1.165) is 19.4 Å². The molecule has 2 atom stereocenters. The molecule has 0 radical (unpaired) electrons. The summed E-state index contributed by atoms with van der Waals surface area (Å²) < 4.78 is 0. The van der Waals surface area contributed by atoms with Crippen LogP contribution in [0.25, 0.3) is 0 Å². The molecule has 2 heteroatoms. The van der Waals surface area contributed by atoms with Crippen LogP contribution in [0.1, 0.15) is 40.8 Å². The first-order valence-electron chi connectivity index (χ1n) is 7.37. The highest BCUT2D eigenvalue weighted by atomic mass is 14.9. The van der Waals surface area contributed by atoms with Crippen molar-refractivity contribution in [3.63, 3.8) is 0 Å². The van der Waals surface area contributed by atoms with Gasteiger partial charge in [0.1, 0.15) is 0 Å². The first kappa shape index (κ1) is 13.3. The van der Waals surface area contributed by atoms with Crippen molar-refractivity contribution in [1.29, 1.82) is 0 Å². The number of hydrogen-bond donors (Lipinski definition) is 2. The second kappa shape index (κ2) is 5.78. The van der Waals surface area contributed by atoms with Gasteiger partial charge in [0.05, 0.1) is 0 Å². The van der Waals surface area contributed by atoms with Crippen LogP contribution in [0.3, 0.4) is 0 Å². The fourth-order valence-electron chi connectivity index (χ4n) is 3.13. The Morgan fingerprint density at radius 2 is 1.90 bits per heavy atom. The van der Waals surface area contributed by atoms with E-state index in [2.05, 4.69) is 60.8 Å². The zero-order chi connectivity index (χ0) is 13.9. The largest absolute Gasteiger partial charge is 0.324 e. The summed E-state index contributed by atoms with van der Waals surface area (Å²) in [6.45, 7) is 3.14. The Bertz CT molecular complexity index is 591. The van der Waals surface area contributed by atoms with Crippen LogP contribution < -0.4 is 11.1 Å². The fraction of sp³-hybridized carbons (Fsp3) is 0.333. The second-order valence-corrected chi connectivity index (χ2v) is 5.72. The van der Waals surface area contributed by atoms with Gasteiger partial charge < -0.3 is 11.1 Å². The highest BCUT2D eigenvalue weighted by Gasteiger charge is 2.27. The van der Waals surface area contributed by atoms with E-state index in [9.17, 15) is 0 Å². The third kappa shape index (κ3) is 2.77. The van der Waals surface area contributed by atoms with Crippen molar-refractivity contribution in [3.05, 3.63) is 70.8 Å². The molecule has 2 unspecified atom stereocenters. The van der Waals surface area contributed by atoms with Crippen LogP contribution in [0, 0.1) is 6.92 Å². The van der Waals surface area contributed by atoms with Crippen LogP contribution in [0.15, 0.2) is 48.5 Å². The number of aryl methyl sites for hydroxylation is 1. The fourth-order valence-corrected chi connectivity index (χ4v) is 3.13. The minimum Gasteiger partial charge on any atom is -0.324 e. The molecule has 3 N–H and O–H groups in total. The highest BCUT2D eigenvalue weighted by Crippen LogP contribution is 2.36. The lowest BCUT2D eigenvalue weighted by molar-refractivity contribution is 0.502. The monoisotopic (exact) mass is 266 g/mol. The Balaban J connectivity index is 1.60. The maximum Gasteiger partial charge on any atom is 0.0341 e. The quantitative estimate of drug-likeness (QED) is 0.891. The molecule has 0 spiro atoms. The van der Waals surface area contributed by atoms with Gasteiger partial charge in [-0.1, -0.05) is 54.1 Å². The van der Waals surface area contributed by atoms with Crippen molar-refractivity contribution < 1.29 is 0 Å². The van der Waals surface area contributed by atoms with E-state index in [1.54, 1.807) is 0 Å². The lowest BCUT2D eigenvalue weighted by Gasteiger charge is -2.14. The number of hydrogen-bond acceptors (Lipinski definition) is 2. The van der Waals surface area contributed by atoms with Crippen molar-refractivity contribution >= 4 is 0 Å². The second-order valence-electron chi connectivity index (χ2n) is 5.72. The number of fused-ring (bicyclic) bond motifs is 1. The first-order chi connectivity index (χ1) is 9.74. The molecule has 1 aliphatic carbocycles. The van der Waals surface area contributed by atoms with Crippen LogP contribution in [0.4, 0.5) is 0 Å². The summed E-state index contributed by atoms with van der Waals surface area (Å²) in [7, 11) is 0. The molecule has 2 nitrogen and oxygen atoms in total. The van der Waals surface area contributed by atoms with Crippen molar-refractivity contribution in [1.82, 2.24) is 5.32 Å². The van der Waals surface area contributed by atoms with Gasteiger partial charge >= 0.3 is 0 Å². The topological polar surface area (TPSA) is 38.0 Å². The number of nitrogens with one attached hydrogen (secondary N) is 1. The normalized spacial score (nSPS) is 20.9. The van der Waals surface area contributed by atoms with E-state index in [-0.39, 0.29) is 6.04 Å². The Labute approximate surface area is 121 Å². The molecule has 0 saturated heterocycles. The predicted octanol–water partition coefficient (Wildman–Crippen LogP) is 3.27. The highest BCUT2D eigenvalue weighted by molar-refractivity contribution is 5.37. The lowest BCUT2D eigenvalue weighted by atomic mass is 10.1. The van der Waals surface area contributed by atoms with Crippen LogP contribution >= 0.6 is 0 Å². The van der Waals surface area contributed by atoms with E-state index in [4.69, 9.17) is 5.73 Å². The van der Waals surface area contributed by atoms with Crippen LogP contribution in [-0.4, -0.2) is 6.54 Å². The zero-order valence-corrected chi connectivity index (χ0v) is 12.0. The third-order valence-electron chi connectivity index (χ3n) is 4.15. The van der Waals surface area contributed by atoms with Gasteiger partial charge in [-0.05, 0) is 43.0 Å². The van der Waals surface area contributed by atoms with Gasteiger partial charge in [-0.25, -0.2) is 0 Å². The Morgan fingerprint density at radius 3 is 2.70 bits per heavy atom. The zero-order valence-electron chi connectivity index (χ0n) is 12.0. The molecular weight excluding hydrogens is 244 g/mol. The third-order valence-corrected chi connectivity index (χ3v) is 4.15. The molecule has 0 amide bonds. The average molecular weight is 266 g/mol. The molecule has 1 aliphatic rings. The smallest absolute Gasteiger partial charge is 0.0341 e. The van der Waals surface area contributed by atoms with Gasteiger partial charge in [0.25, 0.3) is 0 Å². The molecule has 0 bridgehead atoms. The van der Waals surface area contributed by atoms with E-state index < -0.39 is 0 Å². The van der Waals surface area contributed by atoms with Gasteiger partial charge in [-0.15, -0.1) is 0 Å². The van der Waals surface area contributed by atoms with Crippen LogP contribution in [-0.2, 0) is 6.42 Å². The maximum atomic E-state index is 6.20. The summed E-state index contributed by atoms with van der Waals surface area (Å²) in [6.07, 6.45) is 2.07. The molecule has 3 rings (SSSR count). The minimum atomic E-state index is 0.183. The summed E-state index contributed by atoms with van der Waals surface area (Å²) in [5, 5.41) is 3.66. The maximum absolute atomic E-state index is 6.20. The van der Waals surface area contributed by atoms with Gasteiger partial charge in [-0.3, -0.25) is 0 Å². The standard InChI is InChI=1S/C18H22N2/c1-13-5-4-6-14(11-13)9-10-20-18-12-17(19)15-7-2-3-8-16(15)18/h2-8,11,17-18,20H,9-10,12,19H2,1H3. The predicted molar refractivity (Wildman–Crippen MR) is 83.6 cm³/mol. The lowest BCUT2D eigenvalue weighted by Crippen LogP contribution is -2.22. The molecule has 0 fully saturated rings. The Morgan fingerprint density at radius 1 is 1.10 bits per heavy atom. The summed E-state index contributed by atoms with van der Waals surface area (Å²) in [5.74, 6) is 0. The summed E-state index contributed by atoms with van der Waals surface area (Å²) in [6, 6.07) is 17.9. The van der Waals surface area contributed by atoms with Gasteiger partial charge in [0, 0.05) is 12.1 Å². The average Bonchev–Trinajstić information content (AvgIpc) is 2.77. The summed E-state index contributed by atoms with van der Waals surface area (Å²) >= 11 is 0. The first-order valence-corrected chi connectivity index (χ1v) is 7.37. The molecule has 20 heavy (non-hydrogen) atoms. The molecule has 2 aromatic rings. The van der Waals surface area contributed by atoms with E-state index in [1.807, 2.05) is 0 Å². The van der Waals surface area contributed by atoms with Crippen molar-refractivity contribution in [2.45, 2.75) is 31.8 Å². The number of rotatable bonds is 4. The summed E-state index contributed by atoms with van der Waals surface area (Å²) in [4.78, 5) is 0. The van der Waals surface area contributed by atoms with E-state index in [1.165, 1.54) is 22.3 Å². The van der Waals surface area contributed by atoms with Gasteiger partial charge in [-0.2, -0.15) is 0 Å². The molecule has 0 aromatic heterocycles. The molecule has 2 aromatic carbocycles. The number of nitrogens with two attached hydrogens (primary N) is 1. The minimum absolute atomic E-state index is 0.183. The van der Waals surface area contributed by atoms with Gasteiger partial charge in [0.2, 0.25) is 0 Å². The van der Waals surface area contributed by atoms with Gasteiger partial charge in [0.15, 0.2) is 0 Å². The van der Waals surface area contributed by atoms with Crippen molar-refractivity contribution in [3.8, 4) is 0 Å². The molecule has 104 valence electrons. The Hall–Kier alpha value is -1.64. The van der Waals surface area contributed by atoms with Crippen LogP contribution in [0.5, 0.6) is 0 Å². The van der Waals surface area contributed by atoms with E-state index >= 15 is 0 Å². The van der Waals surface area contributed by atoms with Crippen molar-refractivity contribution in [2.75, 3.05) is 6.54 Å². The summed E-state index contributed by atoms with van der Waals surface area (Å²) in [5.41, 5.74) is 11.6. The molecule has 0 aliphatic heterocycles. The van der Waals surface area contributed by atoms with Crippen LogP contribution in [0.2, 0.25) is 0 Å².